The summed E-state index contributed by atoms with van der Waals surface area (Å²) in [4.78, 5) is 0. The molecule has 3 rings (SSSR count). The van der Waals surface area contributed by atoms with E-state index in [1.165, 1.54) is 29.2 Å². The van der Waals surface area contributed by atoms with Crippen molar-refractivity contribution in [3.63, 3.8) is 0 Å². The van der Waals surface area contributed by atoms with Crippen molar-refractivity contribution in [1.82, 2.24) is 5.32 Å². The largest absolute Gasteiger partial charge is 0.381 e. The molecular formula is C18H23NO. The minimum Gasteiger partial charge on any atom is -0.381 e. The summed E-state index contributed by atoms with van der Waals surface area (Å²) in [6.45, 7) is 1.83. The molecule has 20 heavy (non-hydrogen) atoms. The molecule has 1 aliphatic rings. The Balaban J connectivity index is 1.83. The summed E-state index contributed by atoms with van der Waals surface area (Å²) in [5.41, 5.74) is 1.45. The quantitative estimate of drug-likeness (QED) is 0.918. The summed E-state index contributed by atoms with van der Waals surface area (Å²) in [5, 5.41) is 6.26. The third-order valence-corrected chi connectivity index (χ3v) is 4.53. The summed E-state index contributed by atoms with van der Waals surface area (Å²) < 4.78 is 5.49. The monoisotopic (exact) mass is 269 g/mol. The highest BCUT2D eigenvalue weighted by molar-refractivity contribution is 5.85. The van der Waals surface area contributed by atoms with E-state index in [4.69, 9.17) is 4.74 Å². The molecule has 1 fully saturated rings. The van der Waals surface area contributed by atoms with Gasteiger partial charge in [0.15, 0.2) is 0 Å². The fraction of sp³-hybridized carbons (Fsp3) is 0.444. The van der Waals surface area contributed by atoms with E-state index in [-0.39, 0.29) is 0 Å². The molecule has 2 nitrogen and oxygen atoms in total. The number of hydrogen-bond donors (Lipinski definition) is 1. The Morgan fingerprint density at radius 2 is 1.85 bits per heavy atom. The summed E-state index contributed by atoms with van der Waals surface area (Å²) in [5.74, 6) is 0.729. The van der Waals surface area contributed by atoms with Crippen LogP contribution in [0.3, 0.4) is 0 Å². The van der Waals surface area contributed by atoms with Crippen molar-refractivity contribution in [2.75, 3.05) is 20.3 Å². The number of rotatable bonds is 4. The summed E-state index contributed by atoms with van der Waals surface area (Å²) >= 11 is 0. The Morgan fingerprint density at radius 3 is 2.65 bits per heavy atom. The van der Waals surface area contributed by atoms with E-state index in [0.29, 0.717) is 6.04 Å². The van der Waals surface area contributed by atoms with Crippen molar-refractivity contribution >= 4 is 10.8 Å². The molecule has 2 aromatic carbocycles. The number of hydrogen-bond acceptors (Lipinski definition) is 2. The van der Waals surface area contributed by atoms with Crippen LogP contribution < -0.4 is 5.32 Å². The van der Waals surface area contributed by atoms with Gasteiger partial charge in [0.25, 0.3) is 0 Å². The lowest BCUT2D eigenvalue weighted by Crippen LogP contribution is -2.38. The second-order valence-corrected chi connectivity index (χ2v) is 5.69. The SMILES string of the molecule is CNC(Cc1cccc2ccccc12)C1CCOCC1. The van der Waals surface area contributed by atoms with Crippen molar-refractivity contribution in [2.45, 2.75) is 25.3 Å². The summed E-state index contributed by atoms with van der Waals surface area (Å²) in [7, 11) is 2.09. The number of likely N-dealkylation sites (N-methyl/N-ethyl adjacent to an activating group) is 1. The Labute approximate surface area is 121 Å². The molecule has 1 N–H and O–H groups in total. The average Bonchev–Trinajstić information content (AvgIpc) is 2.53. The minimum atomic E-state index is 0.546. The molecule has 0 saturated carbocycles. The minimum absolute atomic E-state index is 0.546. The molecule has 1 aliphatic heterocycles. The number of fused-ring (bicyclic) bond motifs is 1. The van der Waals surface area contributed by atoms with E-state index >= 15 is 0 Å². The third kappa shape index (κ3) is 2.87. The smallest absolute Gasteiger partial charge is 0.0469 e. The van der Waals surface area contributed by atoms with Crippen LogP contribution in [0, 0.1) is 5.92 Å². The fourth-order valence-corrected chi connectivity index (χ4v) is 3.33. The maximum absolute atomic E-state index is 5.49. The highest BCUT2D eigenvalue weighted by atomic mass is 16.5. The van der Waals surface area contributed by atoms with Crippen LogP contribution in [0.25, 0.3) is 10.8 Å². The Morgan fingerprint density at radius 1 is 1.10 bits per heavy atom. The summed E-state index contributed by atoms with van der Waals surface area (Å²) in [6, 6.07) is 15.9. The van der Waals surface area contributed by atoms with Gasteiger partial charge in [-0.2, -0.15) is 0 Å². The highest BCUT2D eigenvalue weighted by Crippen LogP contribution is 2.25. The van der Waals surface area contributed by atoms with Crippen LogP contribution in [0.2, 0.25) is 0 Å². The normalized spacial score (nSPS) is 18.2. The maximum atomic E-state index is 5.49. The molecule has 106 valence electrons. The van der Waals surface area contributed by atoms with Crippen LogP contribution in [0.1, 0.15) is 18.4 Å². The van der Waals surface area contributed by atoms with Gasteiger partial charge in [0.2, 0.25) is 0 Å². The van der Waals surface area contributed by atoms with Crippen LogP contribution in [-0.2, 0) is 11.2 Å². The first-order chi connectivity index (χ1) is 9.88. The van der Waals surface area contributed by atoms with Gasteiger partial charge in [-0.05, 0) is 48.6 Å². The molecule has 1 saturated heterocycles. The van der Waals surface area contributed by atoms with E-state index < -0.39 is 0 Å². The molecule has 0 aromatic heterocycles. The molecule has 1 atom stereocenters. The second kappa shape index (κ2) is 6.38. The third-order valence-electron chi connectivity index (χ3n) is 4.53. The average molecular weight is 269 g/mol. The van der Waals surface area contributed by atoms with E-state index in [2.05, 4.69) is 54.8 Å². The molecule has 1 heterocycles. The fourth-order valence-electron chi connectivity index (χ4n) is 3.33. The second-order valence-electron chi connectivity index (χ2n) is 5.69. The van der Waals surface area contributed by atoms with Crippen molar-refractivity contribution in [1.29, 1.82) is 0 Å². The Kier molecular flexibility index (Phi) is 4.34. The van der Waals surface area contributed by atoms with Crippen LogP contribution in [0.5, 0.6) is 0 Å². The van der Waals surface area contributed by atoms with Crippen LogP contribution in [0.4, 0.5) is 0 Å². The van der Waals surface area contributed by atoms with Gasteiger partial charge in [0.1, 0.15) is 0 Å². The first kappa shape index (κ1) is 13.6. The highest BCUT2D eigenvalue weighted by Gasteiger charge is 2.23. The van der Waals surface area contributed by atoms with Gasteiger partial charge in [-0.25, -0.2) is 0 Å². The predicted octanol–water partition coefficient (Wildman–Crippen LogP) is 3.40. The van der Waals surface area contributed by atoms with Crippen LogP contribution in [-0.4, -0.2) is 26.3 Å². The Bertz CT molecular complexity index is 555. The zero-order valence-corrected chi connectivity index (χ0v) is 12.1. The Hall–Kier alpha value is -1.38. The molecular weight excluding hydrogens is 246 g/mol. The summed E-state index contributed by atoms with van der Waals surface area (Å²) in [6.07, 6.45) is 3.45. The van der Waals surface area contributed by atoms with Gasteiger partial charge >= 0.3 is 0 Å². The maximum Gasteiger partial charge on any atom is 0.0469 e. The van der Waals surface area contributed by atoms with E-state index in [1.807, 2.05) is 0 Å². The molecule has 0 spiro atoms. The van der Waals surface area contributed by atoms with E-state index in [1.54, 1.807) is 0 Å². The molecule has 1 unspecified atom stereocenters. The van der Waals surface area contributed by atoms with Crippen molar-refractivity contribution in [2.24, 2.45) is 5.92 Å². The molecule has 0 aliphatic carbocycles. The standard InChI is InChI=1S/C18H23NO/c1-19-18(15-9-11-20-12-10-15)13-16-7-4-6-14-5-2-3-8-17(14)16/h2-8,15,18-19H,9-13H2,1H3. The van der Waals surface area contributed by atoms with Gasteiger partial charge in [0, 0.05) is 19.3 Å². The van der Waals surface area contributed by atoms with Crippen molar-refractivity contribution in [3.05, 3.63) is 48.0 Å². The number of nitrogens with one attached hydrogen (secondary N) is 1. The molecule has 2 heteroatoms. The lowest BCUT2D eigenvalue weighted by molar-refractivity contribution is 0.0548. The zero-order chi connectivity index (χ0) is 13.8. The predicted molar refractivity (Wildman–Crippen MR) is 84.0 cm³/mol. The first-order valence-electron chi connectivity index (χ1n) is 7.60. The van der Waals surface area contributed by atoms with Crippen LogP contribution >= 0.6 is 0 Å². The van der Waals surface area contributed by atoms with E-state index in [9.17, 15) is 0 Å². The van der Waals surface area contributed by atoms with Gasteiger partial charge < -0.3 is 10.1 Å². The zero-order valence-electron chi connectivity index (χ0n) is 12.1. The first-order valence-corrected chi connectivity index (χ1v) is 7.60. The molecule has 0 amide bonds. The molecule has 0 bridgehead atoms. The van der Waals surface area contributed by atoms with Gasteiger partial charge in [-0.15, -0.1) is 0 Å². The topological polar surface area (TPSA) is 21.3 Å². The molecule has 0 radical (unpaired) electrons. The molecule has 2 aromatic rings. The lowest BCUT2D eigenvalue weighted by atomic mass is 9.86. The number of benzene rings is 2. The van der Waals surface area contributed by atoms with Gasteiger partial charge in [-0.3, -0.25) is 0 Å². The van der Waals surface area contributed by atoms with Crippen molar-refractivity contribution < 1.29 is 4.74 Å². The van der Waals surface area contributed by atoms with Gasteiger partial charge in [-0.1, -0.05) is 42.5 Å². The van der Waals surface area contributed by atoms with E-state index in [0.717, 1.165) is 25.6 Å². The number of ether oxygens (including phenoxy) is 1. The van der Waals surface area contributed by atoms with Gasteiger partial charge in [0.05, 0.1) is 0 Å². The lowest BCUT2D eigenvalue weighted by Gasteiger charge is -2.30. The van der Waals surface area contributed by atoms with Crippen LogP contribution in [0.15, 0.2) is 42.5 Å². The van der Waals surface area contributed by atoms with Crippen molar-refractivity contribution in [3.8, 4) is 0 Å².